The van der Waals surface area contributed by atoms with E-state index < -0.39 is 0 Å². The SMILES string of the molecule is C#CCN[C@@H]1CCc2ccc(C)cc21. The highest BCUT2D eigenvalue weighted by Crippen LogP contribution is 2.31. The van der Waals surface area contributed by atoms with Crippen molar-refractivity contribution in [2.45, 2.75) is 25.8 Å². The summed E-state index contributed by atoms with van der Waals surface area (Å²) in [5, 5.41) is 3.38. The summed E-state index contributed by atoms with van der Waals surface area (Å²) >= 11 is 0. The van der Waals surface area contributed by atoms with Crippen LogP contribution in [-0.4, -0.2) is 6.54 Å². The molecule has 72 valence electrons. The van der Waals surface area contributed by atoms with Crippen LogP contribution in [0.3, 0.4) is 0 Å². The van der Waals surface area contributed by atoms with Gasteiger partial charge in [-0.2, -0.15) is 0 Å². The largest absolute Gasteiger partial charge is 0.299 e. The van der Waals surface area contributed by atoms with Crippen LogP contribution in [-0.2, 0) is 6.42 Å². The van der Waals surface area contributed by atoms with E-state index in [0.29, 0.717) is 12.6 Å². The molecule has 0 unspecified atom stereocenters. The van der Waals surface area contributed by atoms with E-state index in [4.69, 9.17) is 6.42 Å². The van der Waals surface area contributed by atoms with Gasteiger partial charge in [0.2, 0.25) is 0 Å². The third-order valence-electron chi connectivity index (χ3n) is 2.83. The molecule has 14 heavy (non-hydrogen) atoms. The van der Waals surface area contributed by atoms with Crippen LogP contribution in [0.1, 0.15) is 29.2 Å². The van der Waals surface area contributed by atoms with Crippen molar-refractivity contribution in [3.8, 4) is 12.3 Å². The Kier molecular flexibility index (Phi) is 2.56. The molecule has 0 radical (unpaired) electrons. The molecular weight excluding hydrogens is 170 g/mol. The second-order valence-electron chi connectivity index (χ2n) is 3.88. The number of hydrogen-bond acceptors (Lipinski definition) is 1. The number of rotatable bonds is 2. The maximum Gasteiger partial charge on any atom is 0.0578 e. The molecular formula is C13H15N. The van der Waals surface area contributed by atoms with Crippen LogP contribution in [0.5, 0.6) is 0 Å². The maximum atomic E-state index is 5.24. The number of hydrogen-bond donors (Lipinski definition) is 1. The van der Waals surface area contributed by atoms with Gasteiger partial charge in [0.05, 0.1) is 6.54 Å². The van der Waals surface area contributed by atoms with E-state index in [1.54, 1.807) is 0 Å². The fraction of sp³-hybridized carbons (Fsp3) is 0.385. The smallest absolute Gasteiger partial charge is 0.0578 e. The molecule has 1 aromatic carbocycles. The second kappa shape index (κ2) is 3.86. The van der Waals surface area contributed by atoms with Crippen molar-refractivity contribution in [3.63, 3.8) is 0 Å². The Morgan fingerprint density at radius 3 is 3.21 bits per heavy atom. The average Bonchev–Trinajstić information content (AvgIpc) is 2.57. The van der Waals surface area contributed by atoms with E-state index in [2.05, 4.69) is 36.4 Å². The predicted molar refractivity (Wildman–Crippen MR) is 59.1 cm³/mol. The minimum Gasteiger partial charge on any atom is -0.299 e. The van der Waals surface area contributed by atoms with Crippen molar-refractivity contribution in [1.82, 2.24) is 5.32 Å². The van der Waals surface area contributed by atoms with Gasteiger partial charge in [-0.3, -0.25) is 5.32 Å². The van der Waals surface area contributed by atoms with E-state index in [9.17, 15) is 0 Å². The van der Waals surface area contributed by atoms with E-state index >= 15 is 0 Å². The van der Waals surface area contributed by atoms with Gasteiger partial charge in [0, 0.05) is 6.04 Å². The van der Waals surface area contributed by atoms with E-state index in [1.807, 2.05) is 0 Å². The topological polar surface area (TPSA) is 12.0 Å². The molecule has 1 aromatic rings. The number of terminal acetylenes is 1. The van der Waals surface area contributed by atoms with Crippen LogP contribution in [0.2, 0.25) is 0 Å². The highest BCUT2D eigenvalue weighted by atomic mass is 14.9. The molecule has 0 fully saturated rings. The molecule has 1 atom stereocenters. The van der Waals surface area contributed by atoms with Crippen molar-refractivity contribution in [2.75, 3.05) is 6.54 Å². The number of fused-ring (bicyclic) bond motifs is 1. The van der Waals surface area contributed by atoms with Crippen LogP contribution in [0, 0.1) is 19.3 Å². The van der Waals surface area contributed by atoms with E-state index in [1.165, 1.54) is 29.5 Å². The van der Waals surface area contributed by atoms with E-state index in [-0.39, 0.29) is 0 Å². The quantitative estimate of drug-likeness (QED) is 0.696. The summed E-state index contributed by atoms with van der Waals surface area (Å²) in [5.41, 5.74) is 4.25. The molecule has 0 aliphatic heterocycles. The summed E-state index contributed by atoms with van der Waals surface area (Å²) in [4.78, 5) is 0. The first-order valence-electron chi connectivity index (χ1n) is 5.07. The Morgan fingerprint density at radius 2 is 2.43 bits per heavy atom. The third kappa shape index (κ3) is 1.66. The van der Waals surface area contributed by atoms with Crippen molar-refractivity contribution in [3.05, 3.63) is 34.9 Å². The molecule has 0 saturated heterocycles. The monoisotopic (exact) mass is 185 g/mol. The minimum atomic E-state index is 0.473. The summed E-state index contributed by atoms with van der Waals surface area (Å²) in [5.74, 6) is 2.63. The van der Waals surface area contributed by atoms with Crippen molar-refractivity contribution >= 4 is 0 Å². The Labute approximate surface area is 85.5 Å². The number of aryl methyl sites for hydroxylation is 2. The van der Waals surface area contributed by atoms with Gasteiger partial charge in [-0.05, 0) is 30.9 Å². The lowest BCUT2D eigenvalue weighted by Crippen LogP contribution is -2.19. The highest BCUT2D eigenvalue weighted by molar-refractivity contribution is 5.37. The van der Waals surface area contributed by atoms with Gasteiger partial charge in [-0.15, -0.1) is 6.42 Å². The molecule has 1 heteroatoms. The molecule has 0 bridgehead atoms. The van der Waals surface area contributed by atoms with Gasteiger partial charge in [0.25, 0.3) is 0 Å². The fourth-order valence-corrected chi connectivity index (χ4v) is 2.12. The molecule has 1 aliphatic rings. The third-order valence-corrected chi connectivity index (χ3v) is 2.83. The summed E-state index contributed by atoms with van der Waals surface area (Å²) in [6, 6.07) is 7.17. The normalized spacial score (nSPS) is 19.0. The van der Waals surface area contributed by atoms with E-state index in [0.717, 1.165) is 0 Å². The Hall–Kier alpha value is -1.26. The number of benzene rings is 1. The zero-order valence-corrected chi connectivity index (χ0v) is 8.51. The summed E-state index contributed by atoms with van der Waals surface area (Å²) in [7, 11) is 0. The average molecular weight is 185 g/mol. The van der Waals surface area contributed by atoms with Crippen LogP contribution in [0.4, 0.5) is 0 Å². The Bertz CT molecular complexity index is 373. The van der Waals surface area contributed by atoms with Crippen LogP contribution in [0.25, 0.3) is 0 Å². The van der Waals surface area contributed by atoms with Gasteiger partial charge in [0.1, 0.15) is 0 Å². The second-order valence-corrected chi connectivity index (χ2v) is 3.88. The van der Waals surface area contributed by atoms with Crippen molar-refractivity contribution < 1.29 is 0 Å². The zero-order valence-electron chi connectivity index (χ0n) is 8.51. The van der Waals surface area contributed by atoms with Gasteiger partial charge < -0.3 is 0 Å². The first-order chi connectivity index (χ1) is 6.81. The first-order valence-corrected chi connectivity index (χ1v) is 5.07. The fourth-order valence-electron chi connectivity index (χ4n) is 2.12. The predicted octanol–water partition coefficient (Wildman–Crippen LogP) is 2.21. The summed E-state index contributed by atoms with van der Waals surface area (Å²) < 4.78 is 0. The molecule has 0 spiro atoms. The molecule has 0 aromatic heterocycles. The highest BCUT2D eigenvalue weighted by Gasteiger charge is 2.21. The van der Waals surface area contributed by atoms with Gasteiger partial charge in [0.15, 0.2) is 0 Å². The van der Waals surface area contributed by atoms with Crippen LogP contribution >= 0.6 is 0 Å². The van der Waals surface area contributed by atoms with Crippen LogP contribution in [0.15, 0.2) is 18.2 Å². The van der Waals surface area contributed by atoms with Crippen LogP contribution < -0.4 is 5.32 Å². The molecule has 1 nitrogen and oxygen atoms in total. The van der Waals surface area contributed by atoms with Gasteiger partial charge in [-0.25, -0.2) is 0 Å². The first kappa shape index (κ1) is 9.30. The lowest BCUT2D eigenvalue weighted by Gasteiger charge is -2.12. The zero-order chi connectivity index (χ0) is 9.97. The standard InChI is InChI=1S/C13H15N/c1-3-8-14-13-7-6-11-5-4-10(2)9-12(11)13/h1,4-5,9,13-14H,6-8H2,2H3/t13-/m1/s1. The van der Waals surface area contributed by atoms with Crippen molar-refractivity contribution in [2.24, 2.45) is 0 Å². The Balaban J connectivity index is 2.21. The minimum absolute atomic E-state index is 0.473. The lowest BCUT2D eigenvalue weighted by molar-refractivity contribution is 0.568. The summed E-state index contributed by atoms with van der Waals surface area (Å²) in [6.07, 6.45) is 7.60. The van der Waals surface area contributed by atoms with Crippen molar-refractivity contribution in [1.29, 1.82) is 0 Å². The van der Waals surface area contributed by atoms with Gasteiger partial charge in [-0.1, -0.05) is 29.7 Å². The molecule has 0 amide bonds. The maximum absolute atomic E-state index is 5.24. The molecule has 2 rings (SSSR count). The molecule has 1 N–H and O–H groups in total. The molecule has 1 aliphatic carbocycles. The number of nitrogens with one attached hydrogen (secondary N) is 1. The lowest BCUT2D eigenvalue weighted by atomic mass is 10.1. The molecule has 0 heterocycles. The molecule has 0 saturated carbocycles. The Morgan fingerprint density at radius 1 is 1.57 bits per heavy atom. The summed E-state index contributed by atoms with van der Waals surface area (Å²) in [6.45, 7) is 2.80. The van der Waals surface area contributed by atoms with Gasteiger partial charge >= 0.3 is 0 Å².